The summed E-state index contributed by atoms with van der Waals surface area (Å²) in [5.74, 6) is 0.896. The quantitative estimate of drug-likeness (QED) is 0.838. The molecule has 0 aliphatic heterocycles. The summed E-state index contributed by atoms with van der Waals surface area (Å²) in [7, 11) is 0. The van der Waals surface area contributed by atoms with Crippen molar-refractivity contribution in [1.29, 1.82) is 0 Å². The fourth-order valence-electron chi connectivity index (χ4n) is 2.01. The number of benzene rings is 1. The second kappa shape index (κ2) is 6.38. The molecule has 0 amide bonds. The van der Waals surface area contributed by atoms with Crippen molar-refractivity contribution in [3.63, 3.8) is 0 Å². The lowest BCUT2D eigenvalue weighted by Gasteiger charge is -2.04. The van der Waals surface area contributed by atoms with Crippen LogP contribution in [0.4, 0.5) is 0 Å². The summed E-state index contributed by atoms with van der Waals surface area (Å²) in [6.07, 6.45) is 0. The molecule has 0 fully saturated rings. The van der Waals surface area contributed by atoms with E-state index in [1.54, 1.807) is 0 Å². The average molecular weight is 259 g/mol. The van der Waals surface area contributed by atoms with E-state index in [4.69, 9.17) is 4.74 Å². The van der Waals surface area contributed by atoms with Gasteiger partial charge in [0.25, 0.3) is 0 Å². The number of hydrogen-bond acceptors (Lipinski definition) is 3. The van der Waals surface area contributed by atoms with Gasteiger partial charge in [0.05, 0.1) is 18.0 Å². The number of aromatic amines is 1. The van der Waals surface area contributed by atoms with Crippen LogP contribution in [0, 0.1) is 6.92 Å². The predicted octanol–water partition coefficient (Wildman–Crippen LogP) is 2.89. The third kappa shape index (κ3) is 3.15. The standard InChI is InChI=1S/C15H21N3O/c1-4-16-10-14-11(3)15(18-17-14)12-6-8-13(9-7-12)19-5-2/h6-9,16H,4-5,10H2,1-3H3,(H,17,18). The zero-order valence-electron chi connectivity index (χ0n) is 11.8. The van der Waals surface area contributed by atoms with Crippen molar-refractivity contribution in [1.82, 2.24) is 15.5 Å². The fraction of sp³-hybridized carbons (Fsp3) is 0.400. The summed E-state index contributed by atoms with van der Waals surface area (Å²) >= 11 is 0. The van der Waals surface area contributed by atoms with Crippen molar-refractivity contribution in [3.8, 4) is 17.0 Å². The number of H-pyrrole nitrogens is 1. The van der Waals surface area contributed by atoms with Crippen LogP contribution in [0.3, 0.4) is 0 Å². The molecule has 0 radical (unpaired) electrons. The van der Waals surface area contributed by atoms with Crippen LogP contribution < -0.4 is 10.1 Å². The summed E-state index contributed by atoms with van der Waals surface area (Å²) in [5, 5.41) is 10.8. The van der Waals surface area contributed by atoms with E-state index in [1.807, 2.05) is 31.2 Å². The van der Waals surface area contributed by atoms with Gasteiger partial charge < -0.3 is 10.1 Å². The maximum atomic E-state index is 5.45. The van der Waals surface area contributed by atoms with Gasteiger partial charge in [0.1, 0.15) is 5.75 Å². The van der Waals surface area contributed by atoms with Gasteiger partial charge in [-0.25, -0.2) is 0 Å². The van der Waals surface area contributed by atoms with Crippen LogP contribution in [-0.2, 0) is 6.54 Å². The lowest BCUT2D eigenvalue weighted by atomic mass is 10.1. The molecule has 2 rings (SSSR count). The molecule has 1 aromatic heterocycles. The smallest absolute Gasteiger partial charge is 0.119 e. The highest BCUT2D eigenvalue weighted by atomic mass is 16.5. The number of nitrogens with zero attached hydrogens (tertiary/aromatic N) is 1. The van der Waals surface area contributed by atoms with E-state index in [0.29, 0.717) is 6.61 Å². The van der Waals surface area contributed by atoms with Gasteiger partial charge in [0, 0.05) is 12.1 Å². The average Bonchev–Trinajstić information content (AvgIpc) is 2.79. The molecule has 0 saturated carbocycles. The number of nitrogens with one attached hydrogen (secondary N) is 2. The highest BCUT2D eigenvalue weighted by Gasteiger charge is 2.10. The van der Waals surface area contributed by atoms with Gasteiger partial charge >= 0.3 is 0 Å². The van der Waals surface area contributed by atoms with E-state index in [1.165, 1.54) is 5.56 Å². The van der Waals surface area contributed by atoms with E-state index in [2.05, 4.69) is 29.4 Å². The third-order valence-corrected chi connectivity index (χ3v) is 3.10. The maximum absolute atomic E-state index is 5.45. The lowest BCUT2D eigenvalue weighted by Crippen LogP contribution is -2.12. The fourth-order valence-corrected chi connectivity index (χ4v) is 2.01. The zero-order valence-corrected chi connectivity index (χ0v) is 11.8. The molecule has 19 heavy (non-hydrogen) atoms. The summed E-state index contributed by atoms with van der Waals surface area (Å²) in [6, 6.07) is 8.06. The monoisotopic (exact) mass is 259 g/mol. The lowest BCUT2D eigenvalue weighted by molar-refractivity contribution is 0.340. The van der Waals surface area contributed by atoms with Crippen molar-refractivity contribution in [2.75, 3.05) is 13.2 Å². The molecule has 0 aliphatic carbocycles. The van der Waals surface area contributed by atoms with Gasteiger partial charge in [-0.15, -0.1) is 0 Å². The first-order chi connectivity index (χ1) is 9.26. The van der Waals surface area contributed by atoms with Gasteiger partial charge in [0.2, 0.25) is 0 Å². The minimum Gasteiger partial charge on any atom is -0.494 e. The Labute approximate surface area is 114 Å². The normalized spacial score (nSPS) is 10.7. The molecule has 2 aromatic rings. The Morgan fingerprint density at radius 3 is 2.58 bits per heavy atom. The van der Waals surface area contributed by atoms with Crippen molar-refractivity contribution < 1.29 is 4.74 Å². The van der Waals surface area contributed by atoms with Crippen LogP contribution in [0.2, 0.25) is 0 Å². The Bertz CT molecular complexity index is 517. The summed E-state index contributed by atoms with van der Waals surface area (Å²) in [4.78, 5) is 0. The minimum atomic E-state index is 0.688. The van der Waals surface area contributed by atoms with Crippen LogP contribution in [0.5, 0.6) is 5.75 Å². The molecular weight excluding hydrogens is 238 g/mol. The number of aromatic nitrogens is 2. The van der Waals surface area contributed by atoms with Crippen LogP contribution in [0.15, 0.2) is 24.3 Å². The molecule has 1 aromatic carbocycles. The summed E-state index contributed by atoms with van der Waals surface area (Å²) in [6.45, 7) is 8.65. The highest BCUT2D eigenvalue weighted by Crippen LogP contribution is 2.25. The first-order valence-corrected chi connectivity index (χ1v) is 6.74. The highest BCUT2D eigenvalue weighted by molar-refractivity contribution is 5.64. The molecule has 1 heterocycles. The molecule has 2 N–H and O–H groups in total. The van der Waals surface area contributed by atoms with Gasteiger partial charge in [0.15, 0.2) is 0 Å². The third-order valence-electron chi connectivity index (χ3n) is 3.10. The Morgan fingerprint density at radius 1 is 1.21 bits per heavy atom. The van der Waals surface area contributed by atoms with Gasteiger partial charge in [-0.3, -0.25) is 5.10 Å². The molecule has 0 spiro atoms. The van der Waals surface area contributed by atoms with E-state index >= 15 is 0 Å². The van der Waals surface area contributed by atoms with E-state index in [-0.39, 0.29) is 0 Å². The minimum absolute atomic E-state index is 0.688. The molecule has 0 bridgehead atoms. The summed E-state index contributed by atoms with van der Waals surface area (Å²) < 4.78 is 5.45. The predicted molar refractivity (Wildman–Crippen MR) is 77.3 cm³/mol. The largest absolute Gasteiger partial charge is 0.494 e. The second-order valence-corrected chi connectivity index (χ2v) is 4.41. The van der Waals surface area contributed by atoms with Crippen LogP contribution >= 0.6 is 0 Å². The SMILES string of the molecule is CCNCc1[nH]nc(-c2ccc(OCC)cc2)c1C. The maximum Gasteiger partial charge on any atom is 0.119 e. The van der Waals surface area contributed by atoms with Crippen molar-refractivity contribution >= 4 is 0 Å². The van der Waals surface area contributed by atoms with Crippen molar-refractivity contribution in [2.24, 2.45) is 0 Å². The molecule has 4 heteroatoms. The Morgan fingerprint density at radius 2 is 1.95 bits per heavy atom. The Kier molecular flexibility index (Phi) is 4.58. The second-order valence-electron chi connectivity index (χ2n) is 4.41. The van der Waals surface area contributed by atoms with Gasteiger partial charge in [-0.1, -0.05) is 6.92 Å². The van der Waals surface area contributed by atoms with Crippen LogP contribution in [0.1, 0.15) is 25.1 Å². The number of rotatable bonds is 6. The van der Waals surface area contributed by atoms with E-state index in [0.717, 1.165) is 35.8 Å². The van der Waals surface area contributed by atoms with Crippen molar-refractivity contribution in [3.05, 3.63) is 35.5 Å². The molecule has 4 nitrogen and oxygen atoms in total. The van der Waals surface area contributed by atoms with Crippen LogP contribution in [0.25, 0.3) is 11.3 Å². The summed E-state index contributed by atoms with van der Waals surface area (Å²) in [5.41, 5.74) is 4.46. The van der Waals surface area contributed by atoms with Crippen molar-refractivity contribution in [2.45, 2.75) is 27.3 Å². The molecule has 0 aliphatic rings. The zero-order chi connectivity index (χ0) is 13.7. The molecule has 0 unspecified atom stereocenters. The van der Waals surface area contributed by atoms with Gasteiger partial charge in [-0.2, -0.15) is 5.10 Å². The number of ether oxygens (including phenoxy) is 1. The Hall–Kier alpha value is -1.81. The molecule has 0 saturated heterocycles. The molecular formula is C15H21N3O. The Balaban J connectivity index is 2.19. The first-order valence-electron chi connectivity index (χ1n) is 6.74. The van der Waals surface area contributed by atoms with Crippen LogP contribution in [-0.4, -0.2) is 23.3 Å². The van der Waals surface area contributed by atoms with Gasteiger partial charge in [-0.05, 0) is 50.2 Å². The first kappa shape index (κ1) is 13.6. The molecule has 0 atom stereocenters. The van der Waals surface area contributed by atoms with E-state index in [9.17, 15) is 0 Å². The molecule has 102 valence electrons. The number of hydrogen-bond donors (Lipinski definition) is 2. The topological polar surface area (TPSA) is 49.9 Å². The van der Waals surface area contributed by atoms with E-state index < -0.39 is 0 Å².